The van der Waals surface area contributed by atoms with E-state index >= 15 is 0 Å². The Kier molecular flexibility index (Phi) is 4.17. The number of nitrogens with two attached hydrogens (primary N) is 1. The fourth-order valence-electron chi connectivity index (χ4n) is 2.66. The molecule has 0 aliphatic carbocycles. The highest BCUT2D eigenvalue weighted by molar-refractivity contribution is 5.64. The molecule has 2 atom stereocenters. The van der Waals surface area contributed by atoms with Crippen LogP contribution >= 0.6 is 0 Å². The molecule has 1 aromatic rings. The van der Waals surface area contributed by atoms with Gasteiger partial charge in [-0.05, 0) is 18.4 Å². The Morgan fingerprint density at radius 1 is 1.50 bits per heavy atom. The number of halogens is 2. The van der Waals surface area contributed by atoms with E-state index in [1.54, 1.807) is 0 Å². The summed E-state index contributed by atoms with van der Waals surface area (Å²) in [6.07, 6.45) is 1.40. The van der Waals surface area contributed by atoms with E-state index in [0.717, 1.165) is 18.6 Å². The van der Waals surface area contributed by atoms with Gasteiger partial charge in [0.15, 0.2) is 17.3 Å². The first-order chi connectivity index (χ1) is 9.45. The fraction of sp³-hybridized carbons (Fsp3) is 0.538. The van der Waals surface area contributed by atoms with E-state index in [9.17, 15) is 18.9 Å². The summed E-state index contributed by atoms with van der Waals surface area (Å²) >= 11 is 0. The lowest BCUT2D eigenvalue weighted by molar-refractivity contribution is -0.384. The Morgan fingerprint density at radius 3 is 2.80 bits per heavy atom. The molecule has 1 heterocycles. The first-order valence-corrected chi connectivity index (χ1v) is 6.58. The predicted octanol–water partition coefficient (Wildman–Crippen LogP) is 2.44. The van der Waals surface area contributed by atoms with Crippen LogP contribution in [0.2, 0.25) is 0 Å². The number of hydrogen-bond acceptors (Lipinski definition) is 4. The maximum Gasteiger partial charge on any atom is 0.295 e. The van der Waals surface area contributed by atoms with Gasteiger partial charge in [-0.2, -0.15) is 0 Å². The molecule has 1 aliphatic heterocycles. The van der Waals surface area contributed by atoms with Crippen LogP contribution in [0.1, 0.15) is 19.8 Å². The van der Waals surface area contributed by atoms with E-state index in [-0.39, 0.29) is 17.6 Å². The van der Waals surface area contributed by atoms with Crippen molar-refractivity contribution in [2.75, 3.05) is 18.0 Å². The molecule has 0 saturated carbocycles. The van der Waals surface area contributed by atoms with Crippen LogP contribution in [0.15, 0.2) is 12.1 Å². The van der Waals surface area contributed by atoms with Crippen molar-refractivity contribution in [1.29, 1.82) is 0 Å². The molecule has 0 radical (unpaired) electrons. The monoisotopic (exact) mass is 285 g/mol. The van der Waals surface area contributed by atoms with Crippen molar-refractivity contribution < 1.29 is 13.7 Å². The Balaban J connectivity index is 2.41. The standard InChI is InChI=1S/C13H17F2N3O2/c1-2-8-7-17(6-5-10(8)16)13-11(18(19)20)4-3-9(14)12(13)15/h3-4,8,10H,2,5-7,16H2,1H3. The lowest BCUT2D eigenvalue weighted by Gasteiger charge is -2.37. The Hall–Kier alpha value is -1.76. The van der Waals surface area contributed by atoms with Gasteiger partial charge < -0.3 is 10.6 Å². The molecule has 20 heavy (non-hydrogen) atoms. The van der Waals surface area contributed by atoms with E-state index in [0.29, 0.717) is 19.5 Å². The number of rotatable bonds is 3. The molecule has 110 valence electrons. The molecule has 2 N–H and O–H groups in total. The maximum absolute atomic E-state index is 14.0. The van der Waals surface area contributed by atoms with E-state index < -0.39 is 22.2 Å². The third-order valence-corrected chi connectivity index (χ3v) is 3.88. The second-order valence-electron chi connectivity index (χ2n) is 5.05. The molecule has 0 aromatic heterocycles. The SMILES string of the molecule is CCC1CN(c2c([N+](=O)[O-])ccc(F)c2F)CCC1N. The number of piperidine rings is 1. The van der Waals surface area contributed by atoms with Crippen LogP contribution in [-0.2, 0) is 0 Å². The summed E-state index contributed by atoms with van der Waals surface area (Å²) in [5.41, 5.74) is 5.30. The molecule has 2 rings (SSSR count). The van der Waals surface area contributed by atoms with Crippen molar-refractivity contribution in [3.8, 4) is 0 Å². The molecule has 2 unspecified atom stereocenters. The van der Waals surface area contributed by atoms with Gasteiger partial charge in [0, 0.05) is 25.2 Å². The summed E-state index contributed by atoms with van der Waals surface area (Å²) in [4.78, 5) is 11.9. The minimum Gasteiger partial charge on any atom is -0.363 e. The molecule has 5 nitrogen and oxygen atoms in total. The van der Waals surface area contributed by atoms with Crippen molar-refractivity contribution in [3.63, 3.8) is 0 Å². The van der Waals surface area contributed by atoms with Gasteiger partial charge in [-0.3, -0.25) is 10.1 Å². The predicted molar refractivity (Wildman–Crippen MR) is 71.6 cm³/mol. The van der Waals surface area contributed by atoms with Gasteiger partial charge in [-0.1, -0.05) is 13.3 Å². The van der Waals surface area contributed by atoms with E-state index in [1.807, 2.05) is 6.92 Å². The average Bonchev–Trinajstić information content (AvgIpc) is 2.42. The molecule has 1 fully saturated rings. The molecule has 0 spiro atoms. The lowest BCUT2D eigenvalue weighted by atomic mass is 9.90. The smallest absolute Gasteiger partial charge is 0.295 e. The Morgan fingerprint density at radius 2 is 2.20 bits per heavy atom. The topological polar surface area (TPSA) is 72.4 Å². The van der Waals surface area contributed by atoms with Gasteiger partial charge in [0.05, 0.1) is 4.92 Å². The van der Waals surface area contributed by atoms with E-state index in [1.165, 1.54) is 4.90 Å². The van der Waals surface area contributed by atoms with E-state index in [4.69, 9.17) is 5.73 Å². The zero-order valence-corrected chi connectivity index (χ0v) is 11.2. The summed E-state index contributed by atoms with van der Waals surface area (Å²) < 4.78 is 27.4. The van der Waals surface area contributed by atoms with Gasteiger partial charge >= 0.3 is 0 Å². The van der Waals surface area contributed by atoms with Crippen LogP contribution in [0.4, 0.5) is 20.2 Å². The molecule has 1 aliphatic rings. The zero-order chi connectivity index (χ0) is 14.9. The second kappa shape index (κ2) is 5.70. The van der Waals surface area contributed by atoms with Crippen LogP contribution in [0.3, 0.4) is 0 Å². The molecule has 7 heteroatoms. The third-order valence-electron chi connectivity index (χ3n) is 3.88. The normalized spacial score (nSPS) is 22.9. The van der Waals surface area contributed by atoms with Crippen LogP contribution < -0.4 is 10.6 Å². The van der Waals surface area contributed by atoms with Gasteiger partial charge in [-0.15, -0.1) is 0 Å². The molecular weight excluding hydrogens is 268 g/mol. The fourth-order valence-corrected chi connectivity index (χ4v) is 2.66. The summed E-state index contributed by atoms with van der Waals surface area (Å²) in [7, 11) is 0. The Labute approximate surface area is 115 Å². The van der Waals surface area contributed by atoms with Crippen molar-refractivity contribution in [1.82, 2.24) is 0 Å². The number of nitro benzene ring substituents is 1. The lowest BCUT2D eigenvalue weighted by Crippen LogP contribution is -2.47. The number of anilines is 1. The van der Waals surface area contributed by atoms with Crippen LogP contribution in [0, 0.1) is 27.7 Å². The molecule has 1 aromatic carbocycles. The highest BCUT2D eigenvalue weighted by Gasteiger charge is 2.32. The summed E-state index contributed by atoms with van der Waals surface area (Å²) in [6, 6.07) is 1.78. The maximum atomic E-state index is 14.0. The van der Waals surface area contributed by atoms with Gasteiger partial charge in [0.25, 0.3) is 5.69 Å². The van der Waals surface area contributed by atoms with Gasteiger partial charge in [0.2, 0.25) is 0 Å². The first kappa shape index (κ1) is 14.6. The van der Waals surface area contributed by atoms with Crippen LogP contribution in [-0.4, -0.2) is 24.1 Å². The Bertz CT molecular complexity index is 525. The summed E-state index contributed by atoms with van der Waals surface area (Å²) in [5, 5.41) is 11.0. The highest BCUT2D eigenvalue weighted by atomic mass is 19.2. The van der Waals surface area contributed by atoms with Crippen molar-refractivity contribution in [2.24, 2.45) is 11.7 Å². The largest absolute Gasteiger partial charge is 0.363 e. The third kappa shape index (κ3) is 2.58. The minimum absolute atomic E-state index is 0.00748. The van der Waals surface area contributed by atoms with Crippen molar-refractivity contribution in [2.45, 2.75) is 25.8 Å². The summed E-state index contributed by atoms with van der Waals surface area (Å²) in [5.74, 6) is -2.12. The second-order valence-corrected chi connectivity index (χ2v) is 5.05. The average molecular weight is 285 g/mol. The minimum atomic E-state index is -1.16. The highest BCUT2D eigenvalue weighted by Crippen LogP contribution is 2.35. The van der Waals surface area contributed by atoms with Crippen LogP contribution in [0.25, 0.3) is 0 Å². The summed E-state index contributed by atoms with van der Waals surface area (Å²) in [6.45, 7) is 2.75. The van der Waals surface area contributed by atoms with Gasteiger partial charge in [0.1, 0.15) is 0 Å². The van der Waals surface area contributed by atoms with Crippen LogP contribution in [0.5, 0.6) is 0 Å². The quantitative estimate of drug-likeness (QED) is 0.684. The van der Waals surface area contributed by atoms with Crippen molar-refractivity contribution in [3.05, 3.63) is 33.9 Å². The van der Waals surface area contributed by atoms with Crippen molar-refractivity contribution >= 4 is 11.4 Å². The zero-order valence-electron chi connectivity index (χ0n) is 11.2. The molecular formula is C13H17F2N3O2. The van der Waals surface area contributed by atoms with Gasteiger partial charge in [-0.25, -0.2) is 8.78 Å². The number of nitro groups is 1. The molecule has 0 amide bonds. The number of benzene rings is 1. The van der Waals surface area contributed by atoms with E-state index in [2.05, 4.69) is 0 Å². The molecule has 0 bridgehead atoms. The molecule has 1 saturated heterocycles. The number of hydrogen-bond donors (Lipinski definition) is 1. The first-order valence-electron chi connectivity index (χ1n) is 6.58. The number of nitrogens with zero attached hydrogens (tertiary/aromatic N) is 2.